The Kier molecular flexibility index (Phi) is 6.12. The van der Waals surface area contributed by atoms with Crippen LogP contribution < -0.4 is 5.32 Å². The van der Waals surface area contributed by atoms with E-state index in [1.807, 2.05) is 0 Å². The Balaban J connectivity index is 2.27. The zero-order valence-corrected chi connectivity index (χ0v) is 14.5. The van der Waals surface area contributed by atoms with Gasteiger partial charge in [-0.1, -0.05) is 26.7 Å². The number of likely N-dealkylation sites (N-methyl/N-ethyl adjacent to an activating group) is 1. The molecule has 0 spiro atoms. The molecule has 0 aromatic rings. The first-order valence-electron chi connectivity index (χ1n) is 8.81. The van der Waals surface area contributed by atoms with Crippen LogP contribution in [0, 0.1) is 5.92 Å². The van der Waals surface area contributed by atoms with Gasteiger partial charge in [0.25, 0.3) is 0 Å². The molecule has 0 radical (unpaired) electrons. The van der Waals surface area contributed by atoms with Crippen molar-refractivity contribution >= 4 is 0 Å². The second kappa shape index (κ2) is 7.64. The van der Waals surface area contributed by atoms with Gasteiger partial charge in [0.15, 0.2) is 0 Å². The predicted octanol–water partition coefficient (Wildman–Crippen LogP) is 3.56. The molecule has 3 nitrogen and oxygen atoms in total. The van der Waals surface area contributed by atoms with Gasteiger partial charge in [-0.15, -0.1) is 0 Å². The van der Waals surface area contributed by atoms with Crippen LogP contribution in [-0.4, -0.2) is 43.7 Å². The third-order valence-corrected chi connectivity index (χ3v) is 5.37. The van der Waals surface area contributed by atoms with Gasteiger partial charge in [-0.25, -0.2) is 0 Å². The molecule has 2 rings (SSSR count). The van der Waals surface area contributed by atoms with Gasteiger partial charge in [0.05, 0.1) is 12.9 Å². The van der Waals surface area contributed by atoms with E-state index in [1.165, 1.54) is 44.1 Å². The third kappa shape index (κ3) is 3.81. The SMILES string of the molecule is CCCNC(C1=COCCC1)C1(N(C)C)CCCC(C)C1. The molecule has 1 saturated carbocycles. The van der Waals surface area contributed by atoms with Crippen molar-refractivity contribution in [3.63, 3.8) is 0 Å². The van der Waals surface area contributed by atoms with Crippen molar-refractivity contribution in [3.05, 3.63) is 11.8 Å². The molecule has 1 heterocycles. The highest BCUT2D eigenvalue weighted by molar-refractivity contribution is 5.20. The molecule has 122 valence electrons. The molecule has 1 fully saturated rings. The van der Waals surface area contributed by atoms with E-state index in [2.05, 4.69) is 44.4 Å². The van der Waals surface area contributed by atoms with Crippen LogP contribution in [0.3, 0.4) is 0 Å². The van der Waals surface area contributed by atoms with Gasteiger partial charge in [-0.2, -0.15) is 0 Å². The maximum atomic E-state index is 5.66. The number of nitrogens with one attached hydrogen (secondary N) is 1. The molecular weight excluding hydrogens is 260 g/mol. The lowest BCUT2D eigenvalue weighted by Gasteiger charge is -2.51. The van der Waals surface area contributed by atoms with Gasteiger partial charge >= 0.3 is 0 Å². The van der Waals surface area contributed by atoms with Crippen LogP contribution in [0.1, 0.15) is 58.8 Å². The van der Waals surface area contributed by atoms with Gasteiger partial charge in [0.1, 0.15) is 0 Å². The van der Waals surface area contributed by atoms with Crippen LogP contribution in [0.25, 0.3) is 0 Å². The largest absolute Gasteiger partial charge is 0.501 e. The summed E-state index contributed by atoms with van der Waals surface area (Å²) in [5.41, 5.74) is 1.73. The number of nitrogens with zero attached hydrogens (tertiary/aromatic N) is 1. The summed E-state index contributed by atoms with van der Waals surface area (Å²) in [6.45, 7) is 6.64. The third-order valence-electron chi connectivity index (χ3n) is 5.37. The molecule has 3 heteroatoms. The topological polar surface area (TPSA) is 24.5 Å². The lowest BCUT2D eigenvalue weighted by Crippen LogP contribution is -2.62. The Morgan fingerprint density at radius 1 is 1.43 bits per heavy atom. The van der Waals surface area contributed by atoms with Crippen molar-refractivity contribution in [3.8, 4) is 0 Å². The summed E-state index contributed by atoms with van der Waals surface area (Å²) in [5, 5.41) is 3.86. The predicted molar refractivity (Wildman–Crippen MR) is 89.4 cm³/mol. The Morgan fingerprint density at radius 2 is 2.24 bits per heavy atom. The number of rotatable bonds is 6. The van der Waals surface area contributed by atoms with Gasteiger partial charge in [-0.3, -0.25) is 0 Å². The van der Waals surface area contributed by atoms with Crippen LogP contribution >= 0.6 is 0 Å². The van der Waals surface area contributed by atoms with Gasteiger partial charge in [0, 0.05) is 11.6 Å². The zero-order valence-electron chi connectivity index (χ0n) is 14.5. The second-order valence-corrected chi connectivity index (χ2v) is 7.25. The minimum absolute atomic E-state index is 0.249. The fourth-order valence-electron chi connectivity index (χ4n) is 4.24. The standard InChI is InChI=1S/C18H34N2O/c1-5-11-19-17(16-9-7-12-21-14-16)18(20(3)4)10-6-8-15(2)13-18/h14-15,17,19H,5-13H2,1-4H3. The molecule has 0 bridgehead atoms. The van der Waals surface area contributed by atoms with Crippen LogP contribution in [0.5, 0.6) is 0 Å². The van der Waals surface area contributed by atoms with E-state index in [1.54, 1.807) is 0 Å². The van der Waals surface area contributed by atoms with Crippen molar-refractivity contribution in [1.29, 1.82) is 0 Å². The summed E-state index contributed by atoms with van der Waals surface area (Å²) in [6, 6.07) is 0.440. The fraction of sp³-hybridized carbons (Fsp3) is 0.889. The van der Waals surface area contributed by atoms with Crippen molar-refractivity contribution in [2.75, 3.05) is 27.2 Å². The average molecular weight is 294 g/mol. The Morgan fingerprint density at radius 3 is 2.81 bits per heavy atom. The zero-order chi connectivity index (χ0) is 15.3. The van der Waals surface area contributed by atoms with Crippen molar-refractivity contribution in [1.82, 2.24) is 10.2 Å². The minimum Gasteiger partial charge on any atom is -0.501 e. The van der Waals surface area contributed by atoms with Crippen molar-refractivity contribution < 1.29 is 4.74 Å². The fourth-order valence-corrected chi connectivity index (χ4v) is 4.24. The first-order chi connectivity index (χ1) is 10.1. The van der Waals surface area contributed by atoms with Crippen LogP contribution in [0.15, 0.2) is 11.8 Å². The normalized spacial score (nSPS) is 31.7. The Hall–Kier alpha value is -0.540. The average Bonchev–Trinajstić information content (AvgIpc) is 2.48. The van der Waals surface area contributed by atoms with E-state index in [4.69, 9.17) is 4.74 Å². The molecule has 1 aliphatic heterocycles. The highest BCUT2D eigenvalue weighted by Gasteiger charge is 2.45. The van der Waals surface area contributed by atoms with E-state index in [9.17, 15) is 0 Å². The number of ether oxygens (including phenoxy) is 1. The molecule has 0 amide bonds. The van der Waals surface area contributed by atoms with Crippen molar-refractivity contribution in [2.45, 2.75) is 70.4 Å². The molecule has 1 N–H and O–H groups in total. The molecule has 3 atom stereocenters. The van der Waals surface area contributed by atoms with E-state index in [0.717, 1.165) is 25.5 Å². The summed E-state index contributed by atoms with van der Waals surface area (Å²) in [5.74, 6) is 0.817. The van der Waals surface area contributed by atoms with Crippen LogP contribution in [-0.2, 0) is 4.74 Å². The summed E-state index contributed by atoms with van der Waals surface area (Å²) in [6.07, 6.45) is 10.9. The number of hydrogen-bond donors (Lipinski definition) is 1. The van der Waals surface area contributed by atoms with Gasteiger partial charge in [-0.05, 0) is 64.2 Å². The molecule has 0 saturated heterocycles. The molecule has 21 heavy (non-hydrogen) atoms. The highest BCUT2D eigenvalue weighted by Crippen LogP contribution is 2.41. The summed E-state index contributed by atoms with van der Waals surface area (Å²) < 4.78 is 5.66. The van der Waals surface area contributed by atoms with Crippen LogP contribution in [0.2, 0.25) is 0 Å². The minimum atomic E-state index is 0.249. The maximum absolute atomic E-state index is 5.66. The Bertz CT molecular complexity index is 353. The first kappa shape index (κ1) is 16.8. The monoisotopic (exact) mass is 294 g/mol. The van der Waals surface area contributed by atoms with Gasteiger partial charge < -0.3 is 15.0 Å². The molecule has 2 aliphatic rings. The maximum Gasteiger partial charge on any atom is 0.0876 e. The summed E-state index contributed by atoms with van der Waals surface area (Å²) in [7, 11) is 4.53. The van der Waals surface area contributed by atoms with Crippen LogP contribution in [0.4, 0.5) is 0 Å². The smallest absolute Gasteiger partial charge is 0.0876 e. The molecule has 0 aromatic heterocycles. The van der Waals surface area contributed by atoms with E-state index >= 15 is 0 Å². The number of hydrogen-bond acceptors (Lipinski definition) is 3. The second-order valence-electron chi connectivity index (χ2n) is 7.25. The van der Waals surface area contributed by atoms with E-state index < -0.39 is 0 Å². The first-order valence-corrected chi connectivity index (χ1v) is 8.81. The summed E-state index contributed by atoms with van der Waals surface area (Å²) >= 11 is 0. The summed E-state index contributed by atoms with van der Waals surface area (Å²) in [4.78, 5) is 2.49. The van der Waals surface area contributed by atoms with Gasteiger partial charge in [0.2, 0.25) is 0 Å². The molecule has 1 aliphatic carbocycles. The lowest BCUT2D eigenvalue weighted by molar-refractivity contribution is 0.0446. The highest BCUT2D eigenvalue weighted by atomic mass is 16.5. The van der Waals surface area contributed by atoms with E-state index in [0.29, 0.717) is 6.04 Å². The lowest BCUT2D eigenvalue weighted by atomic mass is 9.69. The molecular formula is C18H34N2O. The quantitative estimate of drug-likeness (QED) is 0.810. The molecule has 0 aromatic carbocycles. The van der Waals surface area contributed by atoms with Crippen molar-refractivity contribution in [2.24, 2.45) is 5.92 Å². The molecule has 3 unspecified atom stereocenters. The Labute approximate surface area is 131 Å². The van der Waals surface area contributed by atoms with E-state index in [-0.39, 0.29) is 5.54 Å².